The van der Waals surface area contributed by atoms with Gasteiger partial charge in [-0.15, -0.1) is 0 Å². The van der Waals surface area contributed by atoms with Gasteiger partial charge in [-0.25, -0.2) is 0 Å². The normalized spacial score (nSPS) is 20.5. The van der Waals surface area contributed by atoms with Crippen LogP contribution in [0, 0.1) is 5.92 Å². The van der Waals surface area contributed by atoms with Crippen molar-refractivity contribution < 1.29 is 14.3 Å². The number of halogens is 1. The third-order valence-corrected chi connectivity index (χ3v) is 3.35. The third kappa shape index (κ3) is 2.76. The highest BCUT2D eigenvalue weighted by Gasteiger charge is 2.37. The van der Waals surface area contributed by atoms with Gasteiger partial charge in [-0.3, -0.25) is 9.59 Å². The van der Waals surface area contributed by atoms with Crippen LogP contribution in [0.5, 0.6) is 0 Å². The van der Waals surface area contributed by atoms with E-state index >= 15 is 0 Å². The number of ether oxygens (including phenoxy) is 1. The fraction of sp³-hybridized carbons (Fsp3) is 0.143. The van der Waals surface area contributed by atoms with Crippen molar-refractivity contribution in [1.82, 2.24) is 5.32 Å². The Morgan fingerprint density at radius 3 is 2.63 bits per heavy atom. The minimum absolute atomic E-state index is 0.316. The zero-order valence-electron chi connectivity index (χ0n) is 10.3. The summed E-state index contributed by atoms with van der Waals surface area (Å²) in [6.07, 6.45) is 1.67. The van der Waals surface area contributed by atoms with E-state index < -0.39 is 11.9 Å². The second-order valence-electron chi connectivity index (χ2n) is 4.09. The minimum atomic E-state index is -0.749. The molecular formula is C14H12BrNO3. The molecule has 98 valence electrons. The number of amides is 1. The molecule has 1 aliphatic rings. The first kappa shape index (κ1) is 13.5. The number of rotatable bonds is 2. The van der Waals surface area contributed by atoms with Crippen LogP contribution in [0.15, 0.2) is 46.6 Å². The molecule has 1 atom stereocenters. The van der Waals surface area contributed by atoms with Gasteiger partial charge in [0.2, 0.25) is 0 Å². The van der Waals surface area contributed by atoms with Crippen molar-refractivity contribution in [3.05, 3.63) is 52.2 Å². The fourth-order valence-corrected chi connectivity index (χ4v) is 2.15. The maximum Gasteiger partial charge on any atom is 0.319 e. The molecule has 0 saturated carbocycles. The predicted octanol–water partition coefficient (Wildman–Crippen LogP) is 2.27. The van der Waals surface area contributed by atoms with Crippen LogP contribution >= 0.6 is 15.9 Å². The second kappa shape index (κ2) is 5.40. The van der Waals surface area contributed by atoms with Crippen molar-refractivity contribution in [3.8, 4) is 0 Å². The van der Waals surface area contributed by atoms with Gasteiger partial charge in [-0.05, 0) is 23.8 Å². The van der Waals surface area contributed by atoms with Crippen LogP contribution in [0.1, 0.15) is 5.56 Å². The molecule has 1 aromatic rings. The van der Waals surface area contributed by atoms with Crippen molar-refractivity contribution in [1.29, 1.82) is 0 Å². The molecule has 1 fully saturated rings. The Hall–Kier alpha value is -1.88. The maximum absolute atomic E-state index is 11.8. The van der Waals surface area contributed by atoms with E-state index in [4.69, 9.17) is 4.74 Å². The Bertz CT molecular complexity index is 575. The molecule has 1 heterocycles. The van der Waals surface area contributed by atoms with Crippen molar-refractivity contribution in [2.45, 2.75) is 0 Å². The Morgan fingerprint density at radius 2 is 2.05 bits per heavy atom. The van der Waals surface area contributed by atoms with Crippen molar-refractivity contribution in [2.24, 2.45) is 5.92 Å². The largest absolute Gasteiger partial charge is 0.468 e. The molecule has 1 N–H and O–H groups in total. The number of nitrogens with one attached hydrogen (secondary N) is 1. The summed E-state index contributed by atoms with van der Waals surface area (Å²) in [5.41, 5.74) is 1.52. The SMILES string of the molecule is C=C1NC(=O)/C(=C/c2ccc(Br)cc2)[C@@H]1C(=O)OC. The smallest absolute Gasteiger partial charge is 0.319 e. The highest BCUT2D eigenvalue weighted by molar-refractivity contribution is 9.10. The van der Waals surface area contributed by atoms with Crippen molar-refractivity contribution >= 4 is 33.9 Å². The van der Waals surface area contributed by atoms with Crippen LogP contribution in [-0.4, -0.2) is 19.0 Å². The molecule has 0 aliphatic carbocycles. The lowest BCUT2D eigenvalue weighted by Crippen LogP contribution is -2.17. The number of carbonyl (C=O) groups is 2. The Labute approximate surface area is 119 Å². The molecule has 1 aliphatic heterocycles. The quantitative estimate of drug-likeness (QED) is 0.671. The van der Waals surface area contributed by atoms with E-state index in [9.17, 15) is 9.59 Å². The van der Waals surface area contributed by atoms with Crippen molar-refractivity contribution in [3.63, 3.8) is 0 Å². The zero-order chi connectivity index (χ0) is 14.0. The summed E-state index contributed by atoms with van der Waals surface area (Å²) < 4.78 is 5.64. The summed E-state index contributed by atoms with van der Waals surface area (Å²) in [7, 11) is 1.29. The first-order valence-corrected chi connectivity index (χ1v) is 6.37. The van der Waals surface area contributed by atoms with Crippen molar-refractivity contribution in [2.75, 3.05) is 7.11 Å². The summed E-state index contributed by atoms with van der Waals surface area (Å²) in [5, 5.41) is 2.55. The average molecular weight is 322 g/mol. The molecular weight excluding hydrogens is 310 g/mol. The summed E-state index contributed by atoms with van der Waals surface area (Å²) in [5.74, 6) is -1.56. The van der Waals surface area contributed by atoms with E-state index in [1.165, 1.54) is 7.11 Å². The second-order valence-corrected chi connectivity index (χ2v) is 5.00. The average Bonchev–Trinajstić information content (AvgIpc) is 2.66. The molecule has 0 aromatic heterocycles. The van der Waals surface area contributed by atoms with Gasteiger partial charge in [0.05, 0.1) is 7.11 Å². The fourth-order valence-electron chi connectivity index (χ4n) is 1.88. The number of hydrogen-bond acceptors (Lipinski definition) is 3. The van der Waals surface area contributed by atoms with Crippen LogP contribution < -0.4 is 5.32 Å². The van der Waals surface area contributed by atoms with Crippen LogP contribution in [-0.2, 0) is 14.3 Å². The first-order valence-electron chi connectivity index (χ1n) is 5.58. The van der Waals surface area contributed by atoms with E-state index in [1.54, 1.807) is 6.08 Å². The molecule has 1 aromatic carbocycles. The zero-order valence-corrected chi connectivity index (χ0v) is 11.9. The van der Waals surface area contributed by atoms with E-state index in [0.29, 0.717) is 11.3 Å². The van der Waals surface area contributed by atoms with Gasteiger partial charge in [0.15, 0.2) is 0 Å². The molecule has 1 saturated heterocycles. The number of esters is 1. The highest BCUT2D eigenvalue weighted by Crippen LogP contribution is 2.28. The lowest BCUT2D eigenvalue weighted by atomic mass is 9.98. The lowest BCUT2D eigenvalue weighted by Gasteiger charge is -2.08. The van der Waals surface area contributed by atoms with Crippen LogP contribution in [0.3, 0.4) is 0 Å². The van der Waals surface area contributed by atoms with Crippen LogP contribution in [0.4, 0.5) is 0 Å². The summed E-state index contributed by atoms with van der Waals surface area (Å²) in [4.78, 5) is 23.5. The lowest BCUT2D eigenvalue weighted by molar-refractivity contribution is -0.142. The van der Waals surface area contributed by atoms with Gasteiger partial charge in [0, 0.05) is 15.7 Å². The molecule has 19 heavy (non-hydrogen) atoms. The molecule has 0 bridgehead atoms. The van der Waals surface area contributed by atoms with Gasteiger partial charge in [0.25, 0.3) is 5.91 Å². The standard InChI is InChI=1S/C14H12BrNO3/c1-8-12(14(18)19-2)11(13(17)16-8)7-9-3-5-10(15)6-4-9/h3-7,12H,1H2,2H3,(H,16,17)/b11-7+/t12-/m1/s1. The van der Waals surface area contributed by atoms with E-state index in [0.717, 1.165) is 10.0 Å². The molecule has 0 unspecified atom stereocenters. The highest BCUT2D eigenvalue weighted by atomic mass is 79.9. The Balaban J connectivity index is 2.39. The molecule has 4 nitrogen and oxygen atoms in total. The number of benzene rings is 1. The monoisotopic (exact) mass is 321 g/mol. The van der Waals surface area contributed by atoms with Crippen LogP contribution in [0.2, 0.25) is 0 Å². The number of methoxy groups -OCH3 is 1. The van der Waals surface area contributed by atoms with Gasteiger partial charge in [-0.1, -0.05) is 34.6 Å². The third-order valence-electron chi connectivity index (χ3n) is 2.82. The Kier molecular flexibility index (Phi) is 3.85. The first-order chi connectivity index (χ1) is 9.02. The minimum Gasteiger partial charge on any atom is -0.468 e. The maximum atomic E-state index is 11.8. The molecule has 5 heteroatoms. The molecule has 1 amide bonds. The van der Waals surface area contributed by atoms with Gasteiger partial charge >= 0.3 is 5.97 Å². The summed E-state index contributed by atoms with van der Waals surface area (Å²) in [6.45, 7) is 3.68. The van der Waals surface area contributed by atoms with E-state index in [2.05, 4.69) is 27.8 Å². The van der Waals surface area contributed by atoms with Crippen LogP contribution in [0.25, 0.3) is 6.08 Å². The van der Waals surface area contributed by atoms with Gasteiger partial charge in [0.1, 0.15) is 5.92 Å². The number of hydrogen-bond donors (Lipinski definition) is 1. The predicted molar refractivity (Wildman–Crippen MR) is 74.9 cm³/mol. The van der Waals surface area contributed by atoms with Gasteiger partial charge in [-0.2, -0.15) is 0 Å². The molecule has 2 rings (SSSR count). The molecule has 0 radical (unpaired) electrons. The summed E-state index contributed by atoms with van der Waals surface area (Å²) in [6, 6.07) is 7.42. The topological polar surface area (TPSA) is 55.4 Å². The van der Waals surface area contributed by atoms with Gasteiger partial charge < -0.3 is 10.1 Å². The van der Waals surface area contributed by atoms with E-state index in [1.807, 2.05) is 24.3 Å². The van der Waals surface area contributed by atoms with E-state index in [-0.39, 0.29) is 5.91 Å². The molecule has 0 spiro atoms. The Morgan fingerprint density at radius 1 is 1.42 bits per heavy atom. The summed E-state index contributed by atoms with van der Waals surface area (Å²) >= 11 is 3.34. The number of carbonyl (C=O) groups excluding carboxylic acids is 2.